The van der Waals surface area contributed by atoms with E-state index in [0.29, 0.717) is 15.8 Å². The molecule has 0 N–H and O–H groups in total. The summed E-state index contributed by atoms with van der Waals surface area (Å²) in [6.45, 7) is 5.46. The summed E-state index contributed by atoms with van der Waals surface area (Å²) in [5.41, 5.74) is 0.900. The number of carbonyl (C=O) groups is 2. The summed E-state index contributed by atoms with van der Waals surface area (Å²) < 4.78 is 5.89. The number of benzene rings is 1. The fourth-order valence-electron chi connectivity index (χ4n) is 3.59. The van der Waals surface area contributed by atoms with Crippen molar-refractivity contribution >= 4 is 46.2 Å². The smallest absolute Gasteiger partial charge is 0.266 e. The zero-order chi connectivity index (χ0) is 20.1. The molecule has 0 spiro atoms. The number of hydrogen-bond acceptors (Lipinski definition) is 5. The molecule has 2 aliphatic rings. The Morgan fingerprint density at radius 1 is 1.29 bits per heavy atom. The molecule has 1 aromatic carbocycles. The summed E-state index contributed by atoms with van der Waals surface area (Å²) in [5, 5.41) is 0. The lowest BCUT2D eigenvalue weighted by Crippen LogP contribution is -2.48. The second kappa shape index (κ2) is 9.56. The quantitative estimate of drug-likeness (QED) is 0.515. The van der Waals surface area contributed by atoms with Crippen LogP contribution in [0.5, 0.6) is 5.75 Å². The van der Waals surface area contributed by atoms with E-state index in [-0.39, 0.29) is 24.4 Å². The first-order chi connectivity index (χ1) is 13.5. The van der Waals surface area contributed by atoms with E-state index < -0.39 is 0 Å². The Bertz CT molecular complexity index is 776. The molecule has 2 saturated heterocycles. The summed E-state index contributed by atoms with van der Waals surface area (Å²) in [6.07, 6.45) is 5.99. The molecule has 5 nitrogen and oxygen atoms in total. The van der Waals surface area contributed by atoms with Gasteiger partial charge in [0.2, 0.25) is 5.91 Å². The minimum atomic E-state index is -0.192. The Balaban J connectivity index is 1.68. The van der Waals surface area contributed by atoms with E-state index in [1.54, 1.807) is 0 Å². The van der Waals surface area contributed by atoms with Gasteiger partial charge >= 0.3 is 0 Å². The molecule has 1 aromatic rings. The highest BCUT2D eigenvalue weighted by Gasteiger charge is 2.35. The van der Waals surface area contributed by atoms with Crippen LogP contribution in [0, 0.1) is 0 Å². The molecule has 0 saturated carbocycles. The van der Waals surface area contributed by atoms with Crippen molar-refractivity contribution in [1.82, 2.24) is 9.80 Å². The van der Waals surface area contributed by atoms with Crippen LogP contribution in [-0.2, 0) is 9.59 Å². The van der Waals surface area contributed by atoms with E-state index in [9.17, 15) is 9.59 Å². The van der Waals surface area contributed by atoms with Crippen LogP contribution in [0.2, 0.25) is 0 Å². The number of piperidine rings is 1. The van der Waals surface area contributed by atoms with Crippen molar-refractivity contribution in [3.63, 3.8) is 0 Å². The summed E-state index contributed by atoms with van der Waals surface area (Å²) in [5.74, 6) is 0.595. The highest BCUT2D eigenvalue weighted by Crippen LogP contribution is 2.33. The first-order valence-corrected chi connectivity index (χ1v) is 11.0. The van der Waals surface area contributed by atoms with Crippen LogP contribution in [-0.4, -0.2) is 51.7 Å². The average molecular weight is 419 g/mol. The second-order valence-corrected chi connectivity index (χ2v) is 8.59. The molecule has 2 aliphatic heterocycles. The molecule has 28 heavy (non-hydrogen) atoms. The maximum atomic E-state index is 12.8. The molecule has 0 bridgehead atoms. The Morgan fingerprint density at radius 2 is 2.04 bits per heavy atom. The van der Waals surface area contributed by atoms with Crippen molar-refractivity contribution in [2.24, 2.45) is 0 Å². The lowest BCUT2D eigenvalue weighted by molar-refractivity contribution is -0.138. The molecule has 1 atom stereocenters. The molecule has 150 valence electrons. The predicted molar refractivity (Wildman–Crippen MR) is 117 cm³/mol. The van der Waals surface area contributed by atoms with Crippen molar-refractivity contribution in [1.29, 1.82) is 0 Å². The van der Waals surface area contributed by atoms with Gasteiger partial charge in [0.15, 0.2) is 0 Å². The first-order valence-electron chi connectivity index (χ1n) is 9.81. The summed E-state index contributed by atoms with van der Waals surface area (Å²) in [7, 11) is 0. The van der Waals surface area contributed by atoms with Crippen molar-refractivity contribution in [3.8, 4) is 5.75 Å². The Kier molecular flexibility index (Phi) is 7.13. The van der Waals surface area contributed by atoms with Crippen LogP contribution in [0.1, 0.15) is 45.1 Å². The summed E-state index contributed by atoms with van der Waals surface area (Å²) >= 11 is 6.63. The molecule has 1 unspecified atom stereocenters. The number of thioether (sulfide) groups is 1. The van der Waals surface area contributed by atoms with Crippen LogP contribution in [0.25, 0.3) is 6.08 Å². The van der Waals surface area contributed by atoms with Crippen molar-refractivity contribution in [2.45, 2.75) is 45.6 Å². The van der Waals surface area contributed by atoms with Gasteiger partial charge in [-0.3, -0.25) is 14.5 Å². The topological polar surface area (TPSA) is 49.9 Å². The maximum Gasteiger partial charge on any atom is 0.266 e. The van der Waals surface area contributed by atoms with Gasteiger partial charge in [0, 0.05) is 12.6 Å². The van der Waals surface area contributed by atoms with E-state index in [1.165, 1.54) is 16.7 Å². The first kappa shape index (κ1) is 20.9. The summed E-state index contributed by atoms with van der Waals surface area (Å²) in [6, 6.07) is 7.84. The lowest BCUT2D eigenvalue weighted by Gasteiger charge is -2.36. The third kappa shape index (κ3) is 4.75. The molecule has 0 aromatic heterocycles. The summed E-state index contributed by atoms with van der Waals surface area (Å²) in [4.78, 5) is 29.5. The zero-order valence-electron chi connectivity index (χ0n) is 16.3. The van der Waals surface area contributed by atoms with Gasteiger partial charge in [-0.2, -0.15) is 0 Å². The molecule has 7 heteroatoms. The van der Waals surface area contributed by atoms with Crippen LogP contribution >= 0.6 is 24.0 Å². The molecule has 0 radical (unpaired) electrons. The molecule has 2 amide bonds. The third-order valence-electron chi connectivity index (χ3n) is 5.07. The van der Waals surface area contributed by atoms with Crippen LogP contribution in [0.3, 0.4) is 0 Å². The van der Waals surface area contributed by atoms with E-state index in [2.05, 4.69) is 6.92 Å². The molecule has 2 heterocycles. The predicted octanol–water partition coefficient (Wildman–Crippen LogP) is 4.08. The number of nitrogens with zero attached hydrogens (tertiary/aromatic N) is 2. The standard InChI is InChI=1S/C21H26N2O3S2/c1-3-16-7-5-6-12-22(16)19(24)14-23-20(25)18(28-21(23)27)13-15-8-10-17(11-9-15)26-4-2/h8-11,13,16H,3-7,12,14H2,1-2H3/b18-13-. The fourth-order valence-corrected chi connectivity index (χ4v) is 4.85. The number of hydrogen-bond donors (Lipinski definition) is 0. The Morgan fingerprint density at radius 3 is 2.71 bits per heavy atom. The Labute approximate surface area is 176 Å². The van der Waals surface area contributed by atoms with E-state index in [4.69, 9.17) is 17.0 Å². The number of carbonyl (C=O) groups excluding carboxylic acids is 2. The molecular weight excluding hydrogens is 392 g/mol. The van der Waals surface area contributed by atoms with Gasteiger partial charge < -0.3 is 9.64 Å². The van der Waals surface area contributed by atoms with E-state index in [0.717, 1.165) is 43.5 Å². The van der Waals surface area contributed by atoms with Gasteiger partial charge in [0.1, 0.15) is 16.6 Å². The number of amides is 2. The number of ether oxygens (including phenoxy) is 1. The minimum absolute atomic E-state index is 0.00910. The number of thiocarbonyl (C=S) groups is 1. The van der Waals surface area contributed by atoms with Gasteiger partial charge in [-0.1, -0.05) is 43.0 Å². The fraction of sp³-hybridized carbons (Fsp3) is 0.476. The molecule has 2 fully saturated rings. The van der Waals surface area contributed by atoms with Crippen LogP contribution in [0.15, 0.2) is 29.2 Å². The van der Waals surface area contributed by atoms with Gasteiger partial charge in [0.25, 0.3) is 5.91 Å². The van der Waals surface area contributed by atoms with E-state index in [1.807, 2.05) is 42.2 Å². The zero-order valence-corrected chi connectivity index (χ0v) is 18.0. The van der Waals surface area contributed by atoms with Gasteiger partial charge in [0.05, 0.1) is 11.5 Å². The van der Waals surface area contributed by atoms with Crippen molar-refractivity contribution in [3.05, 3.63) is 34.7 Å². The highest BCUT2D eigenvalue weighted by molar-refractivity contribution is 8.26. The number of rotatable bonds is 6. The van der Waals surface area contributed by atoms with E-state index >= 15 is 0 Å². The largest absolute Gasteiger partial charge is 0.494 e. The highest BCUT2D eigenvalue weighted by atomic mass is 32.2. The molecular formula is C21H26N2O3S2. The third-order valence-corrected chi connectivity index (χ3v) is 6.45. The molecule has 0 aliphatic carbocycles. The van der Waals surface area contributed by atoms with Gasteiger partial charge in [-0.15, -0.1) is 0 Å². The maximum absolute atomic E-state index is 12.8. The van der Waals surface area contributed by atoms with Crippen molar-refractivity contribution in [2.75, 3.05) is 19.7 Å². The second-order valence-electron chi connectivity index (χ2n) is 6.91. The van der Waals surface area contributed by atoms with Crippen LogP contribution < -0.4 is 4.74 Å². The lowest BCUT2D eigenvalue weighted by atomic mass is 10.00. The van der Waals surface area contributed by atoms with Crippen molar-refractivity contribution < 1.29 is 14.3 Å². The van der Waals surface area contributed by atoms with Crippen LogP contribution in [0.4, 0.5) is 0 Å². The minimum Gasteiger partial charge on any atom is -0.494 e. The SMILES string of the molecule is CCOc1ccc(/C=C2\SC(=S)N(CC(=O)N3CCCCC3CC)C2=O)cc1. The normalized spacial score (nSPS) is 21.5. The Hall–Kier alpha value is -1.86. The number of likely N-dealkylation sites (tertiary alicyclic amines) is 1. The molecule has 3 rings (SSSR count). The van der Waals surface area contributed by atoms with Gasteiger partial charge in [-0.05, 0) is 56.4 Å². The average Bonchev–Trinajstić information content (AvgIpc) is 2.97. The monoisotopic (exact) mass is 418 g/mol. The van der Waals surface area contributed by atoms with Gasteiger partial charge in [-0.25, -0.2) is 0 Å².